The van der Waals surface area contributed by atoms with Crippen molar-refractivity contribution in [2.45, 2.75) is 45.3 Å². The lowest BCUT2D eigenvalue weighted by atomic mass is 9.82. The molecular weight excluding hydrogens is 192 g/mol. The van der Waals surface area contributed by atoms with E-state index in [0.717, 1.165) is 19.4 Å². The molecule has 0 aromatic heterocycles. The summed E-state index contributed by atoms with van der Waals surface area (Å²) in [6.45, 7) is 6.84. The molecule has 1 aliphatic rings. The van der Waals surface area contributed by atoms with Crippen molar-refractivity contribution in [3.05, 3.63) is 0 Å². The molecule has 1 amide bonds. The van der Waals surface area contributed by atoms with Gasteiger partial charge in [-0.25, -0.2) is 4.79 Å². The lowest BCUT2D eigenvalue weighted by Crippen LogP contribution is -2.45. The molecule has 0 heterocycles. The van der Waals surface area contributed by atoms with Gasteiger partial charge in [0.2, 0.25) is 0 Å². The van der Waals surface area contributed by atoms with Crippen molar-refractivity contribution >= 4 is 6.09 Å². The molecule has 1 saturated carbocycles. The number of ether oxygens (including phenoxy) is 1. The molecule has 0 radical (unpaired) electrons. The van der Waals surface area contributed by atoms with E-state index in [0.29, 0.717) is 5.92 Å². The first-order valence-corrected chi connectivity index (χ1v) is 5.54. The quantitative estimate of drug-likeness (QED) is 0.748. The molecule has 0 aromatic rings. The minimum atomic E-state index is -0.296. The van der Waals surface area contributed by atoms with Gasteiger partial charge in [-0.1, -0.05) is 0 Å². The standard InChI is InChI=1S/C11H22N2O2/c1-11(2,3)13-10(14)15-9-5-8(6-9)7-12-4/h8-9,12H,5-7H2,1-4H3,(H,13,14). The Hall–Kier alpha value is -0.770. The van der Waals surface area contributed by atoms with Crippen LogP contribution >= 0.6 is 0 Å². The zero-order chi connectivity index (χ0) is 11.5. The molecular formula is C11H22N2O2. The van der Waals surface area contributed by atoms with Crippen molar-refractivity contribution in [2.24, 2.45) is 5.92 Å². The van der Waals surface area contributed by atoms with E-state index in [1.165, 1.54) is 0 Å². The SMILES string of the molecule is CNCC1CC(OC(=O)NC(C)(C)C)C1. The molecule has 0 saturated heterocycles. The number of hydrogen-bond acceptors (Lipinski definition) is 3. The monoisotopic (exact) mass is 214 g/mol. The number of amides is 1. The molecule has 88 valence electrons. The van der Waals surface area contributed by atoms with Crippen LogP contribution in [0.4, 0.5) is 4.79 Å². The van der Waals surface area contributed by atoms with Crippen LogP contribution < -0.4 is 10.6 Å². The Kier molecular flexibility index (Phi) is 3.97. The predicted molar refractivity (Wildman–Crippen MR) is 59.8 cm³/mol. The van der Waals surface area contributed by atoms with Gasteiger partial charge in [-0.2, -0.15) is 0 Å². The van der Waals surface area contributed by atoms with Crippen molar-refractivity contribution in [2.75, 3.05) is 13.6 Å². The molecule has 0 spiro atoms. The summed E-state index contributed by atoms with van der Waals surface area (Å²) < 4.78 is 5.26. The zero-order valence-electron chi connectivity index (χ0n) is 10.1. The fourth-order valence-corrected chi connectivity index (χ4v) is 1.71. The zero-order valence-corrected chi connectivity index (χ0v) is 10.1. The molecule has 0 aromatic carbocycles. The van der Waals surface area contributed by atoms with Crippen molar-refractivity contribution in [1.29, 1.82) is 0 Å². The van der Waals surface area contributed by atoms with Gasteiger partial charge in [-0.05, 0) is 53.1 Å². The molecule has 0 atom stereocenters. The van der Waals surface area contributed by atoms with Crippen LogP contribution in [0.15, 0.2) is 0 Å². The summed E-state index contributed by atoms with van der Waals surface area (Å²) in [4.78, 5) is 11.4. The smallest absolute Gasteiger partial charge is 0.407 e. The van der Waals surface area contributed by atoms with Crippen LogP contribution in [0.5, 0.6) is 0 Å². The van der Waals surface area contributed by atoms with Crippen molar-refractivity contribution < 1.29 is 9.53 Å². The van der Waals surface area contributed by atoms with Crippen LogP contribution in [0.1, 0.15) is 33.6 Å². The molecule has 4 nitrogen and oxygen atoms in total. The molecule has 1 aliphatic carbocycles. The summed E-state index contributed by atoms with van der Waals surface area (Å²) in [5.41, 5.74) is -0.217. The number of carbonyl (C=O) groups excluding carboxylic acids is 1. The summed E-state index contributed by atoms with van der Waals surface area (Å²) in [6, 6.07) is 0. The van der Waals surface area contributed by atoms with Gasteiger partial charge < -0.3 is 15.4 Å². The largest absolute Gasteiger partial charge is 0.446 e. The van der Waals surface area contributed by atoms with E-state index in [2.05, 4.69) is 10.6 Å². The first kappa shape index (κ1) is 12.3. The maximum Gasteiger partial charge on any atom is 0.407 e. The number of carbonyl (C=O) groups is 1. The summed E-state index contributed by atoms with van der Waals surface area (Å²) in [5, 5.41) is 5.91. The van der Waals surface area contributed by atoms with Gasteiger partial charge in [0.05, 0.1) is 0 Å². The second-order valence-corrected chi connectivity index (χ2v) is 5.30. The average molecular weight is 214 g/mol. The van der Waals surface area contributed by atoms with Crippen molar-refractivity contribution in [3.8, 4) is 0 Å². The number of alkyl carbamates (subject to hydrolysis) is 1. The van der Waals surface area contributed by atoms with Gasteiger partial charge in [0.15, 0.2) is 0 Å². The Labute approximate surface area is 91.8 Å². The van der Waals surface area contributed by atoms with Crippen molar-refractivity contribution in [1.82, 2.24) is 10.6 Å². The molecule has 1 rings (SSSR count). The average Bonchev–Trinajstić information content (AvgIpc) is 1.97. The first-order chi connectivity index (χ1) is 6.90. The third kappa shape index (κ3) is 4.51. The maximum atomic E-state index is 11.4. The van der Waals surface area contributed by atoms with Crippen LogP contribution in [0.2, 0.25) is 0 Å². The highest BCUT2D eigenvalue weighted by molar-refractivity contribution is 5.68. The van der Waals surface area contributed by atoms with Crippen LogP contribution in [-0.2, 0) is 4.74 Å². The molecule has 1 fully saturated rings. The van der Waals surface area contributed by atoms with E-state index in [4.69, 9.17) is 4.74 Å². The molecule has 0 bridgehead atoms. The van der Waals surface area contributed by atoms with E-state index in [9.17, 15) is 4.79 Å². The minimum Gasteiger partial charge on any atom is -0.446 e. The van der Waals surface area contributed by atoms with Gasteiger partial charge in [0, 0.05) is 5.54 Å². The predicted octanol–water partition coefficient (Wildman–Crippen LogP) is 1.51. The molecule has 4 heteroatoms. The fourth-order valence-electron chi connectivity index (χ4n) is 1.71. The van der Waals surface area contributed by atoms with Gasteiger partial charge in [0.25, 0.3) is 0 Å². The Morgan fingerprint density at radius 2 is 2.00 bits per heavy atom. The normalized spacial score (nSPS) is 25.6. The fraction of sp³-hybridized carbons (Fsp3) is 0.909. The van der Waals surface area contributed by atoms with Gasteiger partial charge >= 0.3 is 6.09 Å². The highest BCUT2D eigenvalue weighted by Crippen LogP contribution is 2.29. The topological polar surface area (TPSA) is 50.4 Å². The van der Waals surface area contributed by atoms with E-state index in [1.807, 2.05) is 27.8 Å². The second-order valence-electron chi connectivity index (χ2n) is 5.30. The third-order valence-electron chi connectivity index (χ3n) is 2.44. The Balaban J connectivity index is 2.14. The van der Waals surface area contributed by atoms with E-state index >= 15 is 0 Å². The minimum absolute atomic E-state index is 0.116. The molecule has 0 aliphatic heterocycles. The number of hydrogen-bond donors (Lipinski definition) is 2. The highest BCUT2D eigenvalue weighted by atomic mass is 16.6. The van der Waals surface area contributed by atoms with E-state index in [-0.39, 0.29) is 17.7 Å². The Bertz CT molecular complexity index is 217. The van der Waals surface area contributed by atoms with Crippen LogP contribution in [0.25, 0.3) is 0 Å². The van der Waals surface area contributed by atoms with Gasteiger partial charge in [-0.3, -0.25) is 0 Å². The summed E-state index contributed by atoms with van der Waals surface area (Å²) in [7, 11) is 1.94. The Morgan fingerprint density at radius 3 is 2.47 bits per heavy atom. The summed E-state index contributed by atoms with van der Waals surface area (Å²) >= 11 is 0. The summed E-state index contributed by atoms with van der Waals surface area (Å²) in [6.07, 6.45) is 1.79. The van der Waals surface area contributed by atoms with Crippen LogP contribution in [0.3, 0.4) is 0 Å². The molecule has 15 heavy (non-hydrogen) atoms. The van der Waals surface area contributed by atoms with Crippen molar-refractivity contribution in [3.63, 3.8) is 0 Å². The van der Waals surface area contributed by atoms with Crippen LogP contribution in [0, 0.1) is 5.92 Å². The van der Waals surface area contributed by atoms with Crippen LogP contribution in [-0.4, -0.2) is 31.3 Å². The number of rotatable bonds is 3. The first-order valence-electron chi connectivity index (χ1n) is 5.54. The van der Waals surface area contributed by atoms with Gasteiger partial charge in [-0.15, -0.1) is 0 Å². The second kappa shape index (κ2) is 4.84. The lowest BCUT2D eigenvalue weighted by molar-refractivity contribution is 0.0153. The van der Waals surface area contributed by atoms with E-state index < -0.39 is 0 Å². The lowest BCUT2D eigenvalue weighted by Gasteiger charge is -2.35. The van der Waals surface area contributed by atoms with Gasteiger partial charge in [0.1, 0.15) is 6.10 Å². The Morgan fingerprint density at radius 1 is 1.40 bits per heavy atom. The summed E-state index contributed by atoms with van der Waals surface area (Å²) in [5.74, 6) is 0.669. The maximum absolute atomic E-state index is 11.4. The third-order valence-corrected chi connectivity index (χ3v) is 2.44. The number of nitrogens with one attached hydrogen (secondary N) is 2. The van der Waals surface area contributed by atoms with E-state index in [1.54, 1.807) is 0 Å². The highest BCUT2D eigenvalue weighted by Gasteiger charge is 2.32. The molecule has 2 N–H and O–H groups in total. The molecule has 0 unspecified atom stereocenters.